The van der Waals surface area contributed by atoms with Crippen LogP contribution >= 0.6 is 0 Å². The van der Waals surface area contributed by atoms with Gasteiger partial charge in [0.15, 0.2) is 0 Å². The number of aryl methyl sites for hydroxylation is 2. The standard InChI is InChI=1S/C14H18N2O/c1-9-4-6-12(7-5-9)14-13(8-10(2)17)11(3)15-16-14/h4-7,10,17H,8H2,1-3H3,(H,15,16). The molecule has 17 heavy (non-hydrogen) atoms. The molecular weight excluding hydrogens is 212 g/mol. The minimum absolute atomic E-state index is 0.351. The lowest BCUT2D eigenvalue weighted by molar-refractivity contribution is 0.195. The Balaban J connectivity index is 2.41. The molecule has 2 rings (SSSR count). The van der Waals surface area contributed by atoms with Crippen LogP contribution < -0.4 is 0 Å². The summed E-state index contributed by atoms with van der Waals surface area (Å²) in [5.41, 5.74) is 5.41. The van der Waals surface area contributed by atoms with Gasteiger partial charge in [-0.25, -0.2) is 0 Å². The van der Waals surface area contributed by atoms with Crippen molar-refractivity contribution in [1.82, 2.24) is 10.2 Å². The second kappa shape index (κ2) is 4.72. The first-order valence-corrected chi connectivity index (χ1v) is 5.87. The number of aliphatic hydroxyl groups is 1. The second-order valence-corrected chi connectivity index (χ2v) is 4.59. The summed E-state index contributed by atoms with van der Waals surface area (Å²) in [6.07, 6.45) is 0.279. The highest BCUT2D eigenvalue weighted by Crippen LogP contribution is 2.25. The Kier molecular flexibility index (Phi) is 3.29. The van der Waals surface area contributed by atoms with E-state index in [1.54, 1.807) is 6.92 Å². The van der Waals surface area contributed by atoms with Crippen molar-refractivity contribution >= 4 is 0 Å². The third-order valence-corrected chi connectivity index (χ3v) is 2.90. The Bertz CT molecular complexity index is 497. The number of aliphatic hydroxyl groups excluding tert-OH is 1. The fraction of sp³-hybridized carbons (Fsp3) is 0.357. The molecule has 0 bridgehead atoms. The molecule has 0 aliphatic heterocycles. The van der Waals surface area contributed by atoms with Gasteiger partial charge in [0.05, 0.1) is 11.8 Å². The van der Waals surface area contributed by atoms with Gasteiger partial charge in [-0.3, -0.25) is 5.10 Å². The number of aromatic nitrogens is 2. The van der Waals surface area contributed by atoms with Crippen LogP contribution in [-0.4, -0.2) is 21.4 Å². The van der Waals surface area contributed by atoms with Crippen molar-refractivity contribution in [2.75, 3.05) is 0 Å². The predicted octanol–water partition coefficient (Wildman–Crippen LogP) is 2.62. The van der Waals surface area contributed by atoms with E-state index >= 15 is 0 Å². The van der Waals surface area contributed by atoms with Gasteiger partial charge < -0.3 is 5.11 Å². The van der Waals surface area contributed by atoms with E-state index in [-0.39, 0.29) is 6.10 Å². The maximum atomic E-state index is 9.52. The van der Waals surface area contributed by atoms with Crippen molar-refractivity contribution in [3.63, 3.8) is 0 Å². The molecule has 1 heterocycles. The molecule has 2 N–H and O–H groups in total. The van der Waals surface area contributed by atoms with Crippen LogP contribution in [-0.2, 0) is 6.42 Å². The highest BCUT2D eigenvalue weighted by molar-refractivity contribution is 5.64. The molecule has 0 spiro atoms. The van der Waals surface area contributed by atoms with Crippen LogP contribution in [0, 0.1) is 13.8 Å². The average Bonchev–Trinajstić information content (AvgIpc) is 2.61. The lowest BCUT2D eigenvalue weighted by Gasteiger charge is -2.06. The molecule has 1 aromatic heterocycles. The first kappa shape index (κ1) is 11.9. The zero-order chi connectivity index (χ0) is 12.4. The number of rotatable bonds is 3. The second-order valence-electron chi connectivity index (χ2n) is 4.59. The van der Waals surface area contributed by atoms with Crippen LogP contribution in [0.4, 0.5) is 0 Å². The summed E-state index contributed by atoms with van der Waals surface area (Å²) in [5, 5.41) is 16.8. The van der Waals surface area contributed by atoms with E-state index in [0.717, 1.165) is 22.5 Å². The molecule has 90 valence electrons. The molecule has 0 aliphatic rings. The molecule has 1 aromatic carbocycles. The van der Waals surface area contributed by atoms with Crippen LogP contribution in [0.25, 0.3) is 11.3 Å². The summed E-state index contributed by atoms with van der Waals surface area (Å²) in [5.74, 6) is 0. The third kappa shape index (κ3) is 2.56. The van der Waals surface area contributed by atoms with Gasteiger partial charge >= 0.3 is 0 Å². The Morgan fingerprint density at radius 3 is 2.47 bits per heavy atom. The van der Waals surface area contributed by atoms with Crippen LogP contribution in [0.5, 0.6) is 0 Å². The van der Waals surface area contributed by atoms with Crippen molar-refractivity contribution in [1.29, 1.82) is 0 Å². The molecular formula is C14H18N2O. The van der Waals surface area contributed by atoms with E-state index in [9.17, 15) is 5.11 Å². The van der Waals surface area contributed by atoms with Crippen molar-refractivity contribution in [3.8, 4) is 11.3 Å². The fourth-order valence-corrected chi connectivity index (χ4v) is 1.95. The molecule has 3 nitrogen and oxygen atoms in total. The minimum Gasteiger partial charge on any atom is -0.393 e. The number of H-pyrrole nitrogens is 1. The van der Waals surface area contributed by atoms with E-state index < -0.39 is 0 Å². The first-order chi connectivity index (χ1) is 8.08. The molecule has 0 aliphatic carbocycles. The maximum absolute atomic E-state index is 9.52. The van der Waals surface area contributed by atoms with E-state index in [0.29, 0.717) is 6.42 Å². The number of hydrogen-bond acceptors (Lipinski definition) is 2. The molecule has 0 fully saturated rings. The summed E-state index contributed by atoms with van der Waals surface area (Å²) >= 11 is 0. The SMILES string of the molecule is Cc1ccc(-c2n[nH]c(C)c2CC(C)O)cc1. The summed E-state index contributed by atoms with van der Waals surface area (Å²) < 4.78 is 0. The Hall–Kier alpha value is -1.61. The first-order valence-electron chi connectivity index (χ1n) is 5.87. The van der Waals surface area contributed by atoms with E-state index in [1.165, 1.54) is 5.56 Å². The normalized spacial score (nSPS) is 12.7. The molecule has 0 saturated carbocycles. The third-order valence-electron chi connectivity index (χ3n) is 2.90. The molecule has 1 atom stereocenters. The minimum atomic E-state index is -0.351. The van der Waals surface area contributed by atoms with E-state index in [4.69, 9.17) is 0 Å². The number of nitrogens with zero attached hydrogens (tertiary/aromatic N) is 1. The predicted molar refractivity (Wildman–Crippen MR) is 68.9 cm³/mol. The topological polar surface area (TPSA) is 48.9 Å². The van der Waals surface area contributed by atoms with Gasteiger partial charge in [-0.1, -0.05) is 29.8 Å². The van der Waals surface area contributed by atoms with Gasteiger partial charge in [0.1, 0.15) is 0 Å². The molecule has 0 radical (unpaired) electrons. The molecule has 0 amide bonds. The van der Waals surface area contributed by atoms with Gasteiger partial charge in [0.2, 0.25) is 0 Å². The smallest absolute Gasteiger partial charge is 0.0956 e. The van der Waals surface area contributed by atoms with Crippen LogP contribution in [0.15, 0.2) is 24.3 Å². The number of aromatic amines is 1. The van der Waals surface area contributed by atoms with Gasteiger partial charge in [-0.2, -0.15) is 5.10 Å². The Morgan fingerprint density at radius 2 is 1.88 bits per heavy atom. The lowest BCUT2D eigenvalue weighted by atomic mass is 10.0. The summed E-state index contributed by atoms with van der Waals surface area (Å²) in [6, 6.07) is 8.28. The van der Waals surface area contributed by atoms with Crippen molar-refractivity contribution in [2.24, 2.45) is 0 Å². The summed E-state index contributed by atoms with van der Waals surface area (Å²) in [4.78, 5) is 0. The summed E-state index contributed by atoms with van der Waals surface area (Å²) in [7, 11) is 0. The molecule has 3 heteroatoms. The van der Waals surface area contributed by atoms with Crippen LogP contribution in [0.1, 0.15) is 23.7 Å². The average molecular weight is 230 g/mol. The fourth-order valence-electron chi connectivity index (χ4n) is 1.95. The number of nitrogens with one attached hydrogen (secondary N) is 1. The lowest BCUT2D eigenvalue weighted by Crippen LogP contribution is -2.05. The number of hydrogen-bond donors (Lipinski definition) is 2. The molecule has 0 saturated heterocycles. The van der Waals surface area contributed by atoms with Crippen molar-refractivity contribution < 1.29 is 5.11 Å². The molecule has 1 unspecified atom stereocenters. The summed E-state index contributed by atoms with van der Waals surface area (Å²) in [6.45, 7) is 5.85. The monoisotopic (exact) mass is 230 g/mol. The largest absolute Gasteiger partial charge is 0.393 e. The van der Waals surface area contributed by atoms with Crippen molar-refractivity contribution in [2.45, 2.75) is 33.3 Å². The Labute approximate surface area is 102 Å². The van der Waals surface area contributed by atoms with Gasteiger partial charge in [0.25, 0.3) is 0 Å². The highest BCUT2D eigenvalue weighted by Gasteiger charge is 2.13. The van der Waals surface area contributed by atoms with Crippen molar-refractivity contribution in [3.05, 3.63) is 41.1 Å². The number of benzene rings is 1. The van der Waals surface area contributed by atoms with Crippen LogP contribution in [0.2, 0.25) is 0 Å². The van der Waals surface area contributed by atoms with E-state index in [2.05, 4.69) is 41.4 Å². The zero-order valence-electron chi connectivity index (χ0n) is 10.5. The van der Waals surface area contributed by atoms with Crippen LogP contribution in [0.3, 0.4) is 0 Å². The quantitative estimate of drug-likeness (QED) is 0.851. The Morgan fingerprint density at radius 1 is 1.24 bits per heavy atom. The highest BCUT2D eigenvalue weighted by atomic mass is 16.3. The van der Waals surface area contributed by atoms with E-state index in [1.807, 2.05) is 6.92 Å². The van der Waals surface area contributed by atoms with Gasteiger partial charge in [0, 0.05) is 23.2 Å². The van der Waals surface area contributed by atoms with Gasteiger partial charge in [-0.15, -0.1) is 0 Å². The zero-order valence-corrected chi connectivity index (χ0v) is 10.5. The van der Waals surface area contributed by atoms with Gasteiger partial charge in [-0.05, 0) is 20.8 Å². The molecule has 2 aromatic rings. The maximum Gasteiger partial charge on any atom is 0.0956 e.